The number of nitrogens with zero attached hydrogens (tertiary/aromatic N) is 2. The number of hydrogen-bond acceptors (Lipinski definition) is 1. The fraction of sp³-hybridized carbons (Fsp3) is 0. The normalized spacial score (nSPS) is 11.6. The maximum absolute atomic E-state index is 2.46. The molecule has 0 aliphatic heterocycles. The van der Waals surface area contributed by atoms with Gasteiger partial charge >= 0.3 is 0 Å². The van der Waals surface area contributed by atoms with E-state index < -0.39 is 0 Å². The Morgan fingerprint density at radius 2 is 0.860 bits per heavy atom. The zero-order valence-corrected chi connectivity index (χ0v) is 27.4. The third kappa shape index (κ3) is 4.36. The van der Waals surface area contributed by atoms with Crippen LogP contribution in [0.15, 0.2) is 194 Å². The maximum Gasteiger partial charge on any atom is 0.0626 e. The van der Waals surface area contributed by atoms with Crippen LogP contribution in [0.25, 0.3) is 70.9 Å². The van der Waals surface area contributed by atoms with Crippen molar-refractivity contribution in [3.8, 4) is 16.8 Å². The maximum atomic E-state index is 2.46. The summed E-state index contributed by atoms with van der Waals surface area (Å²) < 4.78 is 2.46. The molecule has 50 heavy (non-hydrogen) atoms. The van der Waals surface area contributed by atoms with Crippen LogP contribution in [0.1, 0.15) is 0 Å². The van der Waals surface area contributed by atoms with Gasteiger partial charge in [0.05, 0.1) is 16.7 Å². The summed E-state index contributed by atoms with van der Waals surface area (Å²) in [6.45, 7) is 0. The smallest absolute Gasteiger partial charge is 0.0626 e. The Bertz CT molecular complexity index is 2840. The van der Waals surface area contributed by atoms with Gasteiger partial charge in [0, 0.05) is 44.0 Å². The summed E-state index contributed by atoms with van der Waals surface area (Å²) in [7, 11) is 0. The van der Waals surface area contributed by atoms with Crippen LogP contribution in [0.4, 0.5) is 17.1 Å². The summed E-state index contributed by atoms with van der Waals surface area (Å²) in [4.78, 5) is 2.42. The standard InChI is InChI=1S/C48H32N2/c1-4-16-33(17-5-1)34-28-30-37(31-29-34)49(35-18-6-2-7-19-35)45-32-43-38-22-10-13-25-41(38)48-47(46(43)40-24-12-11-23-39(40)45)42-26-14-15-27-44(42)50(48)36-20-8-3-9-21-36/h1-32H. The highest BCUT2D eigenvalue weighted by Crippen LogP contribution is 2.49. The van der Waals surface area contributed by atoms with Crippen LogP contribution in [0.3, 0.4) is 0 Å². The van der Waals surface area contributed by atoms with Crippen LogP contribution >= 0.6 is 0 Å². The minimum atomic E-state index is 1.12. The molecule has 1 aromatic heterocycles. The van der Waals surface area contributed by atoms with Crippen molar-refractivity contribution < 1.29 is 0 Å². The molecule has 0 amide bonds. The molecule has 0 aliphatic carbocycles. The molecule has 9 aromatic carbocycles. The predicted molar refractivity (Wildman–Crippen MR) is 213 cm³/mol. The molecular weight excluding hydrogens is 605 g/mol. The molecule has 1 heterocycles. The lowest BCUT2D eigenvalue weighted by molar-refractivity contribution is 1.19. The molecular formula is C48H32N2. The van der Waals surface area contributed by atoms with E-state index in [1.807, 2.05) is 0 Å². The van der Waals surface area contributed by atoms with Gasteiger partial charge in [-0.2, -0.15) is 0 Å². The monoisotopic (exact) mass is 636 g/mol. The van der Waals surface area contributed by atoms with Crippen molar-refractivity contribution in [3.63, 3.8) is 0 Å². The molecule has 0 saturated heterocycles. The average molecular weight is 637 g/mol. The van der Waals surface area contributed by atoms with E-state index in [9.17, 15) is 0 Å². The fourth-order valence-corrected chi connectivity index (χ4v) is 7.98. The second-order valence-electron chi connectivity index (χ2n) is 12.9. The van der Waals surface area contributed by atoms with Crippen LogP contribution in [0, 0.1) is 0 Å². The van der Waals surface area contributed by atoms with E-state index in [0.717, 1.165) is 17.1 Å². The van der Waals surface area contributed by atoms with Crippen molar-refractivity contribution in [3.05, 3.63) is 194 Å². The first-order valence-corrected chi connectivity index (χ1v) is 17.2. The van der Waals surface area contributed by atoms with E-state index in [1.165, 1.54) is 70.9 Å². The number of fused-ring (bicyclic) bond motifs is 10. The second-order valence-corrected chi connectivity index (χ2v) is 12.9. The van der Waals surface area contributed by atoms with Gasteiger partial charge in [-0.25, -0.2) is 0 Å². The highest BCUT2D eigenvalue weighted by atomic mass is 15.1. The summed E-state index contributed by atoms with van der Waals surface area (Å²) in [5.41, 5.74) is 9.43. The molecule has 10 aromatic rings. The third-order valence-electron chi connectivity index (χ3n) is 10.1. The fourth-order valence-electron chi connectivity index (χ4n) is 7.98. The van der Waals surface area contributed by atoms with Crippen LogP contribution in [-0.4, -0.2) is 4.57 Å². The molecule has 2 heteroatoms. The Morgan fingerprint density at radius 3 is 1.58 bits per heavy atom. The highest BCUT2D eigenvalue weighted by molar-refractivity contribution is 6.38. The lowest BCUT2D eigenvalue weighted by Gasteiger charge is -2.28. The molecule has 0 atom stereocenters. The van der Waals surface area contributed by atoms with Crippen molar-refractivity contribution in [2.45, 2.75) is 0 Å². The Morgan fingerprint density at radius 1 is 0.340 bits per heavy atom. The van der Waals surface area contributed by atoms with Crippen molar-refractivity contribution in [2.24, 2.45) is 0 Å². The molecule has 0 N–H and O–H groups in total. The summed E-state index contributed by atoms with van der Waals surface area (Å²) in [5.74, 6) is 0. The number of anilines is 3. The summed E-state index contributed by atoms with van der Waals surface area (Å²) >= 11 is 0. The number of aromatic nitrogens is 1. The lowest BCUT2D eigenvalue weighted by Crippen LogP contribution is -2.10. The molecule has 0 unspecified atom stereocenters. The lowest BCUT2D eigenvalue weighted by atomic mass is 9.91. The number of rotatable bonds is 5. The van der Waals surface area contributed by atoms with Crippen molar-refractivity contribution in [2.75, 3.05) is 4.90 Å². The van der Waals surface area contributed by atoms with Gasteiger partial charge in [-0.3, -0.25) is 0 Å². The van der Waals surface area contributed by atoms with E-state index in [0.29, 0.717) is 0 Å². The molecule has 0 radical (unpaired) electrons. The first-order chi connectivity index (χ1) is 24.8. The van der Waals surface area contributed by atoms with Crippen molar-refractivity contribution in [1.82, 2.24) is 4.57 Å². The molecule has 234 valence electrons. The van der Waals surface area contributed by atoms with Gasteiger partial charge in [0.2, 0.25) is 0 Å². The summed E-state index contributed by atoms with van der Waals surface area (Å²) in [5, 5.41) is 10.0. The summed E-state index contributed by atoms with van der Waals surface area (Å²) in [6, 6.07) is 70.3. The Labute approximate surface area is 290 Å². The van der Waals surface area contributed by atoms with Crippen molar-refractivity contribution in [1.29, 1.82) is 0 Å². The number of benzene rings is 9. The van der Waals surface area contributed by atoms with Gasteiger partial charge < -0.3 is 9.47 Å². The van der Waals surface area contributed by atoms with E-state index in [4.69, 9.17) is 0 Å². The first kappa shape index (κ1) is 28.4. The highest BCUT2D eigenvalue weighted by Gasteiger charge is 2.23. The average Bonchev–Trinajstić information content (AvgIpc) is 3.55. The molecule has 2 nitrogen and oxygen atoms in total. The molecule has 10 rings (SSSR count). The largest absolute Gasteiger partial charge is 0.310 e. The van der Waals surface area contributed by atoms with Gasteiger partial charge in [-0.15, -0.1) is 0 Å². The molecule has 0 bridgehead atoms. The van der Waals surface area contributed by atoms with Gasteiger partial charge in [0.25, 0.3) is 0 Å². The molecule has 0 saturated carbocycles. The Balaban J connectivity index is 1.34. The molecule has 0 aliphatic rings. The van der Waals surface area contributed by atoms with E-state index in [1.54, 1.807) is 0 Å². The molecule has 0 fully saturated rings. The SMILES string of the molecule is c1ccc(-c2ccc(N(c3ccccc3)c3cc4c5ccccc5c5c(c6ccccc6n5-c5ccccc5)c4c4ccccc34)cc2)cc1. The number of para-hydroxylation sites is 3. The first-order valence-electron chi connectivity index (χ1n) is 17.2. The summed E-state index contributed by atoms with van der Waals surface area (Å²) in [6.07, 6.45) is 0. The Kier molecular flexibility index (Phi) is 6.53. The van der Waals surface area contributed by atoms with Crippen molar-refractivity contribution >= 4 is 71.2 Å². The van der Waals surface area contributed by atoms with Crippen LogP contribution in [0.2, 0.25) is 0 Å². The topological polar surface area (TPSA) is 8.17 Å². The third-order valence-corrected chi connectivity index (χ3v) is 10.1. The second kappa shape index (κ2) is 11.5. The van der Waals surface area contributed by atoms with E-state index >= 15 is 0 Å². The molecule has 0 spiro atoms. The van der Waals surface area contributed by atoms with E-state index in [-0.39, 0.29) is 0 Å². The minimum Gasteiger partial charge on any atom is -0.310 e. The minimum absolute atomic E-state index is 1.12. The van der Waals surface area contributed by atoms with Gasteiger partial charge in [-0.1, -0.05) is 146 Å². The van der Waals surface area contributed by atoms with Crippen LogP contribution in [-0.2, 0) is 0 Å². The van der Waals surface area contributed by atoms with E-state index in [2.05, 4.69) is 204 Å². The van der Waals surface area contributed by atoms with Gasteiger partial charge in [0.1, 0.15) is 0 Å². The quantitative estimate of drug-likeness (QED) is 0.171. The predicted octanol–water partition coefficient (Wildman–Crippen LogP) is 13.4. The Hall–Kier alpha value is -6.64. The van der Waals surface area contributed by atoms with Crippen LogP contribution in [0.5, 0.6) is 0 Å². The van der Waals surface area contributed by atoms with Gasteiger partial charge in [-0.05, 0) is 75.8 Å². The zero-order valence-electron chi connectivity index (χ0n) is 27.4. The number of hydrogen-bond donors (Lipinski definition) is 0. The van der Waals surface area contributed by atoms with Gasteiger partial charge in [0.15, 0.2) is 0 Å². The zero-order chi connectivity index (χ0) is 33.0. The van der Waals surface area contributed by atoms with Crippen LogP contribution < -0.4 is 4.90 Å².